The quantitative estimate of drug-likeness (QED) is 0.596. The Kier molecular flexibility index (Phi) is 4.57. The molecule has 8 heavy (non-hydrogen) atoms. The molecule has 0 aromatic carbocycles. The standard InChI is InChI=1S/C6H14BrN/c1-6(4-7)5-8(2)3/h6H,4-5H2,1-3H3. The van der Waals surface area contributed by atoms with Crippen molar-refractivity contribution in [3.05, 3.63) is 0 Å². The average molecular weight is 180 g/mol. The Morgan fingerprint density at radius 1 is 1.50 bits per heavy atom. The fourth-order valence-corrected chi connectivity index (χ4v) is 0.877. The molecule has 0 saturated heterocycles. The second-order valence-electron chi connectivity index (χ2n) is 2.52. The molecule has 0 aromatic rings. The maximum Gasteiger partial charge on any atom is 0.00692 e. The molecule has 0 amide bonds. The second-order valence-corrected chi connectivity index (χ2v) is 3.17. The number of hydrogen-bond donors (Lipinski definition) is 0. The maximum absolute atomic E-state index is 3.42. The van der Waals surface area contributed by atoms with E-state index in [4.69, 9.17) is 0 Å². The molecule has 50 valence electrons. The van der Waals surface area contributed by atoms with E-state index in [1.165, 1.54) is 6.54 Å². The minimum Gasteiger partial charge on any atom is -0.309 e. The third-order valence-corrected chi connectivity index (χ3v) is 2.05. The van der Waals surface area contributed by atoms with Crippen LogP contribution in [0, 0.1) is 5.92 Å². The van der Waals surface area contributed by atoms with E-state index in [1.54, 1.807) is 0 Å². The van der Waals surface area contributed by atoms with Gasteiger partial charge in [0.05, 0.1) is 0 Å². The van der Waals surface area contributed by atoms with Crippen LogP contribution in [-0.4, -0.2) is 30.9 Å². The lowest BCUT2D eigenvalue weighted by Gasteiger charge is -2.13. The van der Waals surface area contributed by atoms with Crippen LogP contribution < -0.4 is 0 Å². The number of halogens is 1. The van der Waals surface area contributed by atoms with Gasteiger partial charge in [0.2, 0.25) is 0 Å². The first-order valence-corrected chi connectivity index (χ1v) is 3.99. The van der Waals surface area contributed by atoms with Gasteiger partial charge < -0.3 is 4.90 Å². The molecule has 1 nitrogen and oxygen atoms in total. The van der Waals surface area contributed by atoms with Crippen molar-refractivity contribution in [2.24, 2.45) is 5.92 Å². The zero-order valence-electron chi connectivity index (χ0n) is 5.82. The molecule has 0 fully saturated rings. The Morgan fingerprint density at radius 2 is 2.00 bits per heavy atom. The van der Waals surface area contributed by atoms with Crippen molar-refractivity contribution in [1.82, 2.24) is 4.90 Å². The smallest absolute Gasteiger partial charge is 0.00692 e. The van der Waals surface area contributed by atoms with Gasteiger partial charge in [-0.1, -0.05) is 22.9 Å². The van der Waals surface area contributed by atoms with Gasteiger partial charge in [-0.25, -0.2) is 0 Å². The van der Waals surface area contributed by atoms with Gasteiger partial charge in [0, 0.05) is 11.9 Å². The highest BCUT2D eigenvalue weighted by molar-refractivity contribution is 9.09. The lowest BCUT2D eigenvalue weighted by Crippen LogP contribution is -2.20. The molecular weight excluding hydrogens is 166 g/mol. The Bertz CT molecular complexity index is 54.5. The van der Waals surface area contributed by atoms with Gasteiger partial charge in [-0.2, -0.15) is 0 Å². The molecule has 0 saturated carbocycles. The molecule has 0 heterocycles. The highest BCUT2D eigenvalue weighted by Gasteiger charge is 1.98. The predicted molar refractivity (Wildman–Crippen MR) is 41.5 cm³/mol. The van der Waals surface area contributed by atoms with Crippen molar-refractivity contribution in [2.75, 3.05) is 26.0 Å². The molecule has 1 unspecified atom stereocenters. The first-order chi connectivity index (χ1) is 3.66. The van der Waals surface area contributed by atoms with E-state index in [0.717, 1.165) is 11.2 Å². The van der Waals surface area contributed by atoms with E-state index >= 15 is 0 Å². The van der Waals surface area contributed by atoms with Crippen LogP contribution >= 0.6 is 15.9 Å². The van der Waals surface area contributed by atoms with Gasteiger partial charge in [-0.05, 0) is 20.0 Å². The van der Waals surface area contributed by atoms with Crippen LogP contribution in [0.25, 0.3) is 0 Å². The van der Waals surface area contributed by atoms with Gasteiger partial charge in [-0.15, -0.1) is 0 Å². The van der Waals surface area contributed by atoms with Gasteiger partial charge in [0.1, 0.15) is 0 Å². The van der Waals surface area contributed by atoms with Crippen molar-refractivity contribution in [1.29, 1.82) is 0 Å². The van der Waals surface area contributed by atoms with Gasteiger partial charge in [0.15, 0.2) is 0 Å². The largest absolute Gasteiger partial charge is 0.309 e. The van der Waals surface area contributed by atoms with Crippen molar-refractivity contribution >= 4 is 15.9 Å². The Hall–Kier alpha value is 0.440. The van der Waals surface area contributed by atoms with Crippen LogP contribution in [0.15, 0.2) is 0 Å². The van der Waals surface area contributed by atoms with Crippen LogP contribution in [0.5, 0.6) is 0 Å². The summed E-state index contributed by atoms with van der Waals surface area (Å²) in [5, 5.41) is 1.10. The van der Waals surface area contributed by atoms with Crippen LogP contribution in [-0.2, 0) is 0 Å². The molecule has 0 aliphatic carbocycles. The molecule has 0 spiro atoms. The average Bonchev–Trinajstić information content (AvgIpc) is 1.65. The number of rotatable bonds is 3. The van der Waals surface area contributed by atoms with E-state index < -0.39 is 0 Å². The fourth-order valence-electron chi connectivity index (χ4n) is 0.672. The van der Waals surface area contributed by atoms with E-state index in [2.05, 4.69) is 41.8 Å². The van der Waals surface area contributed by atoms with Crippen LogP contribution in [0.4, 0.5) is 0 Å². The minimum atomic E-state index is 0.769. The third-order valence-electron chi connectivity index (χ3n) is 0.940. The highest BCUT2D eigenvalue weighted by atomic mass is 79.9. The van der Waals surface area contributed by atoms with Gasteiger partial charge in [0.25, 0.3) is 0 Å². The number of nitrogens with zero attached hydrogens (tertiary/aromatic N) is 1. The summed E-state index contributed by atoms with van der Waals surface area (Å²) < 4.78 is 0. The summed E-state index contributed by atoms with van der Waals surface area (Å²) in [5.41, 5.74) is 0. The number of alkyl halides is 1. The normalized spacial score (nSPS) is 14.6. The Balaban J connectivity index is 3.10. The first kappa shape index (κ1) is 8.44. The molecule has 0 bridgehead atoms. The van der Waals surface area contributed by atoms with E-state index in [1.807, 2.05) is 0 Å². The Labute approximate surface area is 60.2 Å². The van der Waals surface area contributed by atoms with Crippen LogP contribution in [0.3, 0.4) is 0 Å². The summed E-state index contributed by atoms with van der Waals surface area (Å²) in [6.07, 6.45) is 0. The Morgan fingerprint density at radius 3 is 2.12 bits per heavy atom. The molecule has 0 aromatic heterocycles. The summed E-state index contributed by atoms with van der Waals surface area (Å²) in [7, 11) is 4.19. The van der Waals surface area contributed by atoms with Crippen molar-refractivity contribution in [3.63, 3.8) is 0 Å². The molecule has 0 radical (unpaired) electrons. The van der Waals surface area contributed by atoms with Crippen LogP contribution in [0.2, 0.25) is 0 Å². The summed E-state index contributed by atoms with van der Waals surface area (Å²) in [4.78, 5) is 2.20. The zero-order chi connectivity index (χ0) is 6.57. The molecule has 0 aliphatic heterocycles. The monoisotopic (exact) mass is 179 g/mol. The fraction of sp³-hybridized carbons (Fsp3) is 1.00. The maximum atomic E-state index is 3.42. The summed E-state index contributed by atoms with van der Waals surface area (Å²) >= 11 is 3.42. The summed E-state index contributed by atoms with van der Waals surface area (Å²) in [6.45, 7) is 3.40. The van der Waals surface area contributed by atoms with Gasteiger partial charge >= 0.3 is 0 Å². The molecule has 2 heteroatoms. The van der Waals surface area contributed by atoms with Crippen molar-refractivity contribution in [2.45, 2.75) is 6.92 Å². The minimum absolute atomic E-state index is 0.769. The van der Waals surface area contributed by atoms with E-state index in [0.29, 0.717) is 0 Å². The lowest BCUT2D eigenvalue weighted by molar-refractivity contribution is 0.357. The zero-order valence-corrected chi connectivity index (χ0v) is 7.40. The SMILES string of the molecule is CC(CBr)CN(C)C. The van der Waals surface area contributed by atoms with Crippen LogP contribution in [0.1, 0.15) is 6.92 Å². The van der Waals surface area contributed by atoms with Crippen molar-refractivity contribution in [3.8, 4) is 0 Å². The van der Waals surface area contributed by atoms with E-state index in [9.17, 15) is 0 Å². The van der Waals surface area contributed by atoms with Gasteiger partial charge in [-0.3, -0.25) is 0 Å². The summed E-state index contributed by atoms with van der Waals surface area (Å²) in [6, 6.07) is 0. The molecule has 0 N–H and O–H groups in total. The molecule has 0 aliphatic rings. The second kappa shape index (κ2) is 4.33. The molecule has 1 atom stereocenters. The summed E-state index contributed by atoms with van der Waals surface area (Å²) in [5.74, 6) is 0.769. The molecule has 0 rings (SSSR count). The predicted octanol–water partition coefficient (Wildman–Crippen LogP) is 1.58. The highest BCUT2D eigenvalue weighted by Crippen LogP contribution is 1.99. The van der Waals surface area contributed by atoms with E-state index in [-0.39, 0.29) is 0 Å². The molecular formula is C6H14BrN. The third kappa shape index (κ3) is 4.60. The first-order valence-electron chi connectivity index (χ1n) is 2.87. The lowest BCUT2D eigenvalue weighted by atomic mass is 10.2. The van der Waals surface area contributed by atoms with Crippen molar-refractivity contribution < 1.29 is 0 Å². The topological polar surface area (TPSA) is 3.24 Å². The number of hydrogen-bond acceptors (Lipinski definition) is 1.